The molecule has 1 amide bonds. The summed E-state index contributed by atoms with van der Waals surface area (Å²) in [6, 6.07) is 3.23. The lowest BCUT2D eigenvalue weighted by Gasteiger charge is -2.39. The third kappa shape index (κ3) is 7.12. The molecule has 1 aliphatic heterocycles. The number of amides is 1. The number of benzene rings is 1. The SMILES string of the molecule is C=CCC(=C)C(CCC)NC(=C)C1CCCN1C(=C)C(NC(=O)c1c(F)cccc1F)C1CCCCC1. The molecule has 6 heteroatoms. The van der Waals surface area contributed by atoms with Crippen LogP contribution in [0, 0.1) is 17.6 Å². The van der Waals surface area contributed by atoms with Crippen LogP contribution < -0.4 is 10.6 Å². The minimum absolute atomic E-state index is 0.0246. The molecule has 1 saturated heterocycles. The highest BCUT2D eigenvalue weighted by Crippen LogP contribution is 2.34. The molecule has 202 valence electrons. The van der Waals surface area contributed by atoms with Crippen LogP contribution in [0.15, 0.2) is 67.6 Å². The van der Waals surface area contributed by atoms with Crippen LogP contribution in [0.1, 0.15) is 81.5 Å². The zero-order valence-electron chi connectivity index (χ0n) is 22.3. The summed E-state index contributed by atoms with van der Waals surface area (Å²) in [5.74, 6) is -2.28. The van der Waals surface area contributed by atoms with Crippen LogP contribution >= 0.6 is 0 Å². The van der Waals surface area contributed by atoms with Crippen molar-refractivity contribution in [2.24, 2.45) is 5.92 Å². The molecular weight excluding hydrogens is 468 g/mol. The van der Waals surface area contributed by atoms with E-state index in [2.05, 4.69) is 48.8 Å². The number of nitrogens with zero attached hydrogens (tertiary/aromatic N) is 1. The zero-order chi connectivity index (χ0) is 26.9. The normalized spacial score (nSPS) is 19.6. The second-order valence-corrected chi connectivity index (χ2v) is 10.5. The van der Waals surface area contributed by atoms with E-state index >= 15 is 0 Å². The summed E-state index contributed by atoms with van der Waals surface area (Å²) in [4.78, 5) is 15.4. The van der Waals surface area contributed by atoms with Gasteiger partial charge >= 0.3 is 0 Å². The molecule has 2 N–H and O–H groups in total. The van der Waals surface area contributed by atoms with Gasteiger partial charge in [0.05, 0.1) is 12.1 Å². The van der Waals surface area contributed by atoms with Gasteiger partial charge in [0.2, 0.25) is 0 Å². The Morgan fingerprint density at radius 2 is 1.76 bits per heavy atom. The van der Waals surface area contributed by atoms with Gasteiger partial charge in [-0.3, -0.25) is 4.79 Å². The molecule has 2 aliphatic rings. The van der Waals surface area contributed by atoms with E-state index in [-0.39, 0.29) is 18.0 Å². The van der Waals surface area contributed by atoms with E-state index in [0.717, 1.165) is 99.9 Å². The molecule has 0 aromatic heterocycles. The fraction of sp³-hybridized carbons (Fsp3) is 0.516. The monoisotopic (exact) mass is 511 g/mol. The fourth-order valence-electron chi connectivity index (χ4n) is 5.83. The second kappa shape index (κ2) is 13.6. The van der Waals surface area contributed by atoms with Crippen molar-refractivity contribution in [3.05, 3.63) is 84.8 Å². The molecule has 0 spiro atoms. The molecule has 2 fully saturated rings. The Morgan fingerprint density at radius 3 is 2.38 bits per heavy atom. The minimum Gasteiger partial charge on any atom is -0.381 e. The smallest absolute Gasteiger partial charge is 0.257 e. The lowest BCUT2D eigenvalue weighted by atomic mass is 9.82. The molecule has 3 atom stereocenters. The number of carbonyl (C=O) groups excluding carboxylic acids is 1. The molecule has 1 aliphatic carbocycles. The topological polar surface area (TPSA) is 44.4 Å². The van der Waals surface area contributed by atoms with Gasteiger partial charge in [-0.05, 0) is 56.6 Å². The van der Waals surface area contributed by atoms with E-state index in [1.807, 2.05) is 6.08 Å². The Labute approximate surface area is 221 Å². The fourth-order valence-corrected chi connectivity index (χ4v) is 5.83. The summed E-state index contributed by atoms with van der Waals surface area (Å²) in [7, 11) is 0. The zero-order valence-corrected chi connectivity index (χ0v) is 22.3. The first-order valence-electron chi connectivity index (χ1n) is 13.7. The number of allylic oxidation sites excluding steroid dienone is 1. The largest absolute Gasteiger partial charge is 0.381 e. The van der Waals surface area contributed by atoms with Crippen LogP contribution in [-0.2, 0) is 0 Å². The number of carbonyl (C=O) groups is 1. The summed E-state index contributed by atoms with van der Waals surface area (Å²) < 4.78 is 28.8. The van der Waals surface area contributed by atoms with Crippen molar-refractivity contribution in [2.75, 3.05) is 6.54 Å². The van der Waals surface area contributed by atoms with Crippen molar-refractivity contribution < 1.29 is 13.6 Å². The number of likely N-dealkylation sites (tertiary alicyclic amines) is 1. The Balaban J connectivity index is 1.81. The molecule has 3 unspecified atom stereocenters. The lowest BCUT2D eigenvalue weighted by Crippen LogP contribution is -2.49. The second-order valence-electron chi connectivity index (χ2n) is 10.5. The first kappa shape index (κ1) is 28.7. The highest BCUT2D eigenvalue weighted by Gasteiger charge is 2.36. The summed E-state index contributed by atoms with van der Waals surface area (Å²) in [5.41, 5.74) is 2.25. The molecular formula is C31H43F2N3O. The van der Waals surface area contributed by atoms with E-state index in [4.69, 9.17) is 0 Å². The van der Waals surface area contributed by atoms with Crippen LogP contribution in [0.25, 0.3) is 0 Å². The first-order chi connectivity index (χ1) is 17.8. The number of halogens is 2. The van der Waals surface area contributed by atoms with Crippen molar-refractivity contribution >= 4 is 5.91 Å². The molecule has 1 saturated carbocycles. The van der Waals surface area contributed by atoms with E-state index < -0.39 is 29.1 Å². The maximum atomic E-state index is 14.4. The maximum Gasteiger partial charge on any atom is 0.257 e. The molecule has 37 heavy (non-hydrogen) atoms. The van der Waals surface area contributed by atoms with Crippen LogP contribution in [-0.4, -0.2) is 35.5 Å². The van der Waals surface area contributed by atoms with Crippen LogP contribution in [0.4, 0.5) is 8.78 Å². The summed E-state index contributed by atoms with van der Waals surface area (Å²) in [5, 5.41) is 6.60. The predicted octanol–water partition coefficient (Wildman–Crippen LogP) is 7.03. The molecule has 0 bridgehead atoms. The predicted molar refractivity (Wildman–Crippen MR) is 148 cm³/mol. The quantitative estimate of drug-likeness (QED) is 0.280. The van der Waals surface area contributed by atoms with Gasteiger partial charge in [0.25, 0.3) is 5.91 Å². The van der Waals surface area contributed by atoms with Gasteiger partial charge in [0, 0.05) is 24.0 Å². The van der Waals surface area contributed by atoms with Gasteiger partial charge < -0.3 is 15.5 Å². The summed E-state index contributed by atoms with van der Waals surface area (Å²) in [6.07, 6.45) is 11.7. The average molecular weight is 512 g/mol. The molecule has 1 aromatic rings. The summed E-state index contributed by atoms with van der Waals surface area (Å²) in [6.45, 7) is 19.9. The van der Waals surface area contributed by atoms with E-state index in [1.165, 1.54) is 6.07 Å². The van der Waals surface area contributed by atoms with Crippen molar-refractivity contribution in [3.63, 3.8) is 0 Å². The Bertz CT molecular complexity index is 978. The standard InChI is InChI=1S/C31H43F2N3O/c1-6-13-21(3)27(14-7-2)34-22(4)28-19-12-20-36(28)23(5)30(24-15-9-8-10-16-24)35-31(37)29-25(32)17-11-18-26(29)33/h6,11,17-18,24,27-28,30,34H,1,3-5,7-10,12-16,19-20H2,2H3,(H,35,37). The summed E-state index contributed by atoms with van der Waals surface area (Å²) >= 11 is 0. The number of nitrogens with one attached hydrogen (secondary N) is 2. The highest BCUT2D eigenvalue weighted by atomic mass is 19.1. The van der Waals surface area contributed by atoms with Crippen molar-refractivity contribution in [1.82, 2.24) is 15.5 Å². The van der Waals surface area contributed by atoms with Crippen molar-refractivity contribution in [1.29, 1.82) is 0 Å². The van der Waals surface area contributed by atoms with Gasteiger partial charge in [-0.15, -0.1) is 6.58 Å². The number of hydrogen-bond acceptors (Lipinski definition) is 3. The Morgan fingerprint density at radius 1 is 1.08 bits per heavy atom. The average Bonchev–Trinajstić information content (AvgIpc) is 3.37. The van der Waals surface area contributed by atoms with Crippen LogP contribution in [0.2, 0.25) is 0 Å². The Hall–Kier alpha value is -2.89. The van der Waals surface area contributed by atoms with Gasteiger partial charge in [-0.25, -0.2) is 8.78 Å². The highest BCUT2D eigenvalue weighted by molar-refractivity contribution is 5.95. The molecule has 1 aromatic carbocycles. The molecule has 0 radical (unpaired) electrons. The van der Waals surface area contributed by atoms with E-state index in [0.29, 0.717) is 0 Å². The third-order valence-corrected chi connectivity index (χ3v) is 7.82. The first-order valence-corrected chi connectivity index (χ1v) is 13.7. The third-order valence-electron chi connectivity index (χ3n) is 7.82. The van der Waals surface area contributed by atoms with Crippen LogP contribution in [0.5, 0.6) is 0 Å². The van der Waals surface area contributed by atoms with E-state index in [9.17, 15) is 13.6 Å². The van der Waals surface area contributed by atoms with Gasteiger partial charge in [-0.1, -0.05) is 70.1 Å². The maximum absolute atomic E-state index is 14.4. The molecule has 4 nitrogen and oxygen atoms in total. The molecule has 3 rings (SSSR count). The van der Waals surface area contributed by atoms with E-state index in [1.54, 1.807) is 0 Å². The van der Waals surface area contributed by atoms with Gasteiger partial charge in [0.15, 0.2) is 0 Å². The van der Waals surface area contributed by atoms with Gasteiger partial charge in [-0.2, -0.15) is 0 Å². The minimum atomic E-state index is -0.858. The van der Waals surface area contributed by atoms with Crippen molar-refractivity contribution in [3.8, 4) is 0 Å². The lowest BCUT2D eigenvalue weighted by molar-refractivity contribution is 0.0903. The number of hydrogen-bond donors (Lipinski definition) is 2. The number of rotatable bonds is 13. The van der Waals surface area contributed by atoms with Gasteiger partial charge in [0.1, 0.15) is 17.2 Å². The Kier molecular flexibility index (Phi) is 10.5. The van der Waals surface area contributed by atoms with Crippen molar-refractivity contribution in [2.45, 2.75) is 89.3 Å². The molecule has 1 heterocycles. The van der Waals surface area contributed by atoms with Crippen LogP contribution in [0.3, 0.4) is 0 Å².